The Labute approximate surface area is 102 Å². The van der Waals surface area contributed by atoms with Crippen LogP contribution in [0.15, 0.2) is 23.4 Å². The molecular weight excluding hydrogens is 238 g/mol. The van der Waals surface area contributed by atoms with Gasteiger partial charge in [0.15, 0.2) is 0 Å². The molecule has 1 aliphatic heterocycles. The number of piperidine rings is 1. The van der Waals surface area contributed by atoms with Gasteiger partial charge < -0.3 is 10.3 Å². The molecule has 0 aliphatic carbocycles. The molecule has 0 amide bonds. The van der Waals surface area contributed by atoms with Gasteiger partial charge in [0, 0.05) is 38.6 Å². The van der Waals surface area contributed by atoms with Crippen molar-refractivity contribution < 1.29 is 8.42 Å². The van der Waals surface area contributed by atoms with Gasteiger partial charge in [0.25, 0.3) is 0 Å². The van der Waals surface area contributed by atoms with E-state index in [0.717, 1.165) is 6.42 Å². The van der Waals surface area contributed by atoms with Gasteiger partial charge in [0.05, 0.1) is 4.90 Å². The molecule has 2 heterocycles. The topological polar surface area (TPSA) is 68.3 Å². The van der Waals surface area contributed by atoms with Crippen LogP contribution in [0.2, 0.25) is 0 Å². The second-order valence-electron chi connectivity index (χ2n) is 4.94. The molecule has 1 aromatic rings. The van der Waals surface area contributed by atoms with Crippen LogP contribution in [0.1, 0.15) is 13.3 Å². The van der Waals surface area contributed by atoms with Gasteiger partial charge in [0.2, 0.25) is 10.0 Å². The molecule has 5 nitrogen and oxygen atoms in total. The van der Waals surface area contributed by atoms with E-state index >= 15 is 0 Å². The minimum atomic E-state index is -3.37. The first-order valence-corrected chi connectivity index (χ1v) is 7.21. The molecule has 1 fully saturated rings. The molecule has 0 radical (unpaired) electrons. The normalized spacial score (nSPS) is 27.2. The Bertz CT molecular complexity index is 485. The molecule has 1 aliphatic rings. The first-order valence-electron chi connectivity index (χ1n) is 5.77. The average Bonchev–Trinajstić information content (AvgIpc) is 2.64. The van der Waals surface area contributed by atoms with Crippen molar-refractivity contribution in [2.45, 2.75) is 24.3 Å². The Morgan fingerprint density at radius 1 is 1.41 bits per heavy atom. The molecule has 0 saturated carbocycles. The summed E-state index contributed by atoms with van der Waals surface area (Å²) >= 11 is 0. The molecule has 1 aromatic heterocycles. The lowest BCUT2D eigenvalue weighted by molar-refractivity contribution is 0.254. The van der Waals surface area contributed by atoms with E-state index in [0.29, 0.717) is 23.9 Å². The van der Waals surface area contributed by atoms with Gasteiger partial charge in [0.1, 0.15) is 0 Å². The van der Waals surface area contributed by atoms with Crippen molar-refractivity contribution in [3.05, 3.63) is 18.5 Å². The van der Waals surface area contributed by atoms with Crippen molar-refractivity contribution in [3.63, 3.8) is 0 Å². The SMILES string of the molecule is CC1CC(N)CN(S(=O)(=O)c2ccn(C)c2)C1. The van der Waals surface area contributed by atoms with E-state index in [1.54, 1.807) is 23.0 Å². The maximum absolute atomic E-state index is 12.3. The summed E-state index contributed by atoms with van der Waals surface area (Å²) in [6.45, 7) is 3.01. The van der Waals surface area contributed by atoms with Gasteiger partial charge in [-0.05, 0) is 18.4 Å². The van der Waals surface area contributed by atoms with Gasteiger partial charge in [-0.25, -0.2) is 8.42 Å². The highest BCUT2D eigenvalue weighted by molar-refractivity contribution is 7.89. The monoisotopic (exact) mass is 257 g/mol. The second kappa shape index (κ2) is 4.44. The van der Waals surface area contributed by atoms with Crippen LogP contribution in [-0.2, 0) is 17.1 Å². The van der Waals surface area contributed by atoms with Crippen LogP contribution in [0.4, 0.5) is 0 Å². The van der Waals surface area contributed by atoms with Gasteiger partial charge in [-0.1, -0.05) is 6.92 Å². The van der Waals surface area contributed by atoms with Crippen LogP contribution in [-0.4, -0.2) is 36.4 Å². The first kappa shape index (κ1) is 12.6. The molecule has 2 unspecified atom stereocenters. The lowest BCUT2D eigenvalue weighted by Crippen LogP contribution is -2.48. The molecule has 0 spiro atoms. The zero-order chi connectivity index (χ0) is 12.6. The number of aryl methyl sites for hydroxylation is 1. The van der Waals surface area contributed by atoms with Crippen LogP contribution in [0, 0.1) is 5.92 Å². The average molecular weight is 257 g/mol. The smallest absolute Gasteiger partial charge is 0.244 e. The third-order valence-corrected chi connectivity index (χ3v) is 4.92. The number of nitrogens with zero attached hydrogens (tertiary/aromatic N) is 2. The predicted molar refractivity (Wildman–Crippen MR) is 65.9 cm³/mol. The predicted octanol–water partition coefficient (Wildman–Crippen LogP) is 0.383. The second-order valence-corrected chi connectivity index (χ2v) is 6.87. The van der Waals surface area contributed by atoms with Crippen LogP contribution in [0.3, 0.4) is 0 Å². The summed E-state index contributed by atoms with van der Waals surface area (Å²) in [7, 11) is -1.57. The fraction of sp³-hybridized carbons (Fsp3) is 0.636. The fourth-order valence-corrected chi connectivity index (χ4v) is 3.99. The van der Waals surface area contributed by atoms with Gasteiger partial charge in [-0.3, -0.25) is 0 Å². The number of sulfonamides is 1. The lowest BCUT2D eigenvalue weighted by Gasteiger charge is -2.33. The van der Waals surface area contributed by atoms with E-state index in [1.165, 1.54) is 4.31 Å². The number of hydrogen-bond acceptors (Lipinski definition) is 3. The zero-order valence-corrected chi connectivity index (χ0v) is 11.0. The molecule has 96 valence electrons. The molecule has 17 heavy (non-hydrogen) atoms. The largest absolute Gasteiger partial charge is 0.356 e. The quantitative estimate of drug-likeness (QED) is 0.833. The van der Waals surface area contributed by atoms with E-state index in [2.05, 4.69) is 0 Å². The number of aromatic nitrogens is 1. The minimum absolute atomic E-state index is 0.0581. The summed E-state index contributed by atoms with van der Waals surface area (Å²) < 4.78 is 27.9. The molecule has 1 saturated heterocycles. The summed E-state index contributed by atoms with van der Waals surface area (Å²) in [4.78, 5) is 0.348. The van der Waals surface area contributed by atoms with Gasteiger partial charge in [-0.15, -0.1) is 0 Å². The van der Waals surface area contributed by atoms with E-state index in [9.17, 15) is 8.42 Å². The molecule has 2 atom stereocenters. The summed E-state index contributed by atoms with van der Waals surface area (Å²) in [6, 6.07) is 1.57. The first-order chi connectivity index (χ1) is 7.89. The summed E-state index contributed by atoms with van der Waals surface area (Å²) in [5.74, 6) is 0.317. The summed E-state index contributed by atoms with van der Waals surface area (Å²) in [5, 5.41) is 0. The van der Waals surface area contributed by atoms with Crippen LogP contribution >= 0.6 is 0 Å². The van der Waals surface area contributed by atoms with E-state index in [1.807, 2.05) is 14.0 Å². The maximum Gasteiger partial charge on any atom is 0.244 e. The molecule has 0 bridgehead atoms. The van der Waals surface area contributed by atoms with Crippen molar-refractivity contribution in [2.24, 2.45) is 18.7 Å². The summed E-state index contributed by atoms with van der Waals surface area (Å²) in [6.07, 6.45) is 4.25. The highest BCUT2D eigenvalue weighted by Gasteiger charge is 2.32. The lowest BCUT2D eigenvalue weighted by atomic mass is 9.99. The van der Waals surface area contributed by atoms with Crippen LogP contribution in [0.25, 0.3) is 0 Å². The third kappa shape index (κ3) is 2.53. The Morgan fingerprint density at radius 2 is 2.12 bits per heavy atom. The molecule has 6 heteroatoms. The number of nitrogens with two attached hydrogens (primary N) is 1. The van der Waals surface area contributed by atoms with E-state index in [-0.39, 0.29) is 6.04 Å². The van der Waals surface area contributed by atoms with Crippen molar-refractivity contribution in [1.82, 2.24) is 8.87 Å². The fourth-order valence-electron chi connectivity index (χ4n) is 2.33. The Balaban J connectivity index is 2.26. The zero-order valence-electron chi connectivity index (χ0n) is 10.2. The van der Waals surface area contributed by atoms with Gasteiger partial charge in [-0.2, -0.15) is 4.31 Å². The van der Waals surface area contributed by atoms with Gasteiger partial charge >= 0.3 is 0 Å². The molecule has 0 aromatic carbocycles. The Kier molecular flexibility index (Phi) is 3.29. The van der Waals surface area contributed by atoms with Crippen LogP contribution < -0.4 is 5.73 Å². The number of hydrogen-bond donors (Lipinski definition) is 1. The van der Waals surface area contributed by atoms with Crippen molar-refractivity contribution in [1.29, 1.82) is 0 Å². The maximum atomic E-state index is 12.3. The molecule has 2 rings (SSSR count). The standard InChI is InChI=1S/C11H19N3O2S/c1-9-5-10(12)7-14(6-9)17(15,16)11-3-4-13(2)8-11/h3-4,8-10H,5-7,12H2,1-2H3. The Hall–Kier alpha value is -0.850. The Morgan fingerprint density at radius 3 is 2.65 bits per heavy atom. The highest BCUT2D eigenvalue weighted by atomic mass is 32.2. The minimum Gasteiger partial charge on any atom is -0.356 e. The van der Waals surface area contributed by atoms with Crippen molar-refractivity contribution >= 4 is 10.0 Å². The molecular formula is C11H19N3O2S. The highest BCUT2D eigenvalue weighted by Crippen LogP contribution is 2.22. The number of rotatable bonds is 2. The molecule has 2 N–H and O–H groups in total. The van der Waals surface area contributed by atoms with Crippen molar-refractivity contribution in [2.75, 3.05) is 13.1 Å². The summed E-state index contributed by atoms with van der Waals surface area (Å²) in [5.41, 5.74) is 5.88. The van der Waals surface area contributed by atoms with Crippen molar-refractivity contribution in [3.8, 4) is 0 Å². The van der Waals surface area contributed by atoms with E-state index in [4.69, 9.17) is 5.73 Å². The van der Waals surface area contributed by atoms with E-state index < -0.39 is 10.0 Å². The third-order valence-electron chi connectivity index (χ3n) is 3.10. The van der Waals surface area contributed by atoms with Crippen LogP contribution in [0.5, 0.6) is 0 Å².